The zero-order valence-electron chi connectivity index (χ0n) is 13.1. The molecule has 21 heavy (non-hydrogen) atoms. The molecule has 1 N–H and O–H groups in total. The molecule has 0 radical (unpaired) electrons. The van der Waals surface area contributed by atoms with Crippen LogP contribution in [0.2, 0.25) is 0 Å². The highest BCUT2D eigenvalue weighted by atomic mass is 16.2. The van der Waals surface area contributed by atoms with Crippen molar-refractivity contribution in [3.8, 4) is 0 Å². The summed E-state index contributed by atoms with van der Waals surface area (Å²) in [5.74, 6) is 0.154. The van der Waals surface area contributed by atoms with Gasteiger partial charge in [-0.2, -0.15) is 0 Å². The van der Waals surface area contributed by atoms with Gasteiger partial charge in [0.2, 0.25) is 0 Å². The molecule has 1 aromatic rings. The molecule has 0 unspecified atom stereocenters. The Balaban J connectivity index is 1.67. The number of amides is 1. The van der Waals surface area contributed by atoms with Crippen LogP contribution in [0, 0.1) is 0 Å². The van der Waals surface area contributed by atoms with Gasteiger partial charge >= 0.3 is 0 Å². The zero-order valence-corrected chi connectivity index (χ0v) is 13.1. The molecule has 0 spiro atoms. The van der Waals surface area contributed by atoms with E-state index in [4.69, 9.17) is 0 Å². The van der Waals surface area contributed by atoms with Crippen LogP contribution in [0.3, 0.4) is 0 Å². The highest BCUT2D eigenvalue weighted by Gasteiger charge is 2.26. The van der Waals surface area contributed by atoms with Gasteiger partial charge in [0, 0.05) is 44.0 Å². The molecular formula is C17H25N3O. The fraction of sp³-hybridized carbons (Fsp3) is 0.588. The van der Waals surface area contributed by atoms with Crippen molar-refractivity contribution < 1.29 is 4.79 Å². The number of hydrogen-bond donors (Lipinski definition) is 1. The molecule has 0 aromatic heterocycles. The lowest BCUT2D eigenvalue weighted by atomic mass is 10.0. The lowest BCUT2D eigenvalue weighted by Gasteiger charge is -2.36. The van der Waals surface area contributed by atoms with Crippen molar-refractivity contribution in [2.45, 2.75) is 32.2 Å². The van der Waals surface area contributed by atoms with Crippen LogP contribution in [-0.2, 0) is 6.42 Å². The molecule has 2 heterocycles. The average Bonchev–Trinajstić information content (AvgIpc) is 3.01. The number of rotatable bonds is 3. The summed E-state index contributed by atoms with van der Waals surface area (Å²) in [6.45, 7) is 6.50. The van der Waals surface area contributed by atoms with Crippen molar-refractivity contribution in [3.63, 3.8) is 0 Å². The van der Waals surface area contributed by atoms with Gasteiger partial charge < -0.3 is 15.1 Å². The number of likely N-dealkylation sites (tertiary alicyclic amines) is 1. The Morgan fingerprint density at radius 1 is 1.38 bits per heavy atom. The van der Waals surface area contributed by atoms with Crippen LogP contribution in [0.4, 0.5) is 5.69 Å². The summed E-state index contributed by atoms with van der Waals surface area (Å²) in [4.78, 5) is 17.1. The predicted molar refractivity (Wildman–Crippen MR) is 85.9 cm³/mol. The van der Waals surface area contributed by atoms with Gasteiger partial charge in [-0.25, -0.2) is 0 Å². The number of fused-ring (bicyclic) bond motifs is 1. The van der Waals surface area contributed by atoms with Gasteiger partial charge in [0.25, 0.3) is 5.91 Å². The van der Waals surface area contributed by atoms with Crippen LogP contribution in [0.25, 0.3) is 0 Å². The molecule has 4 heteroatoms. The lowest BCUT2D eigenvalue weighted by Crippen LogP contribution is -2.45. The van der Waals surface area contributed by atoms with Gasteiger partial charge in [0.05, 0.1) is 0 Å². The summed E-state index contributed by atoms with van der Waals surface area (Å²) in [5, 5.41) is 3.35. The molecule has 1 amide bonds. The van der Waals surface area contributed by atoms with Gasteiger partial charge in [-0.3, -0.25) is 4.79 Å². The quantitative estimate of drug-likeness (QED) is 0.926. The van der Waals surface area contributed by atoms with Gasteiger partial charge in [0.1, 0.15) is 0 Å². The van der Waals surface area contributed by atoms with E-state index in [1.54, 1.807) is 0 Å². The minimum atomic E-state index is 0.154. The number of piperidine rings is 1. The number of nitrogens with one attached hydrogen (secondary N) is 1. The zero-order chi connectivity index (χ0) is 14.8. The third-order valence-electron chi connectivity index (χ3n) is 4.94. The Kier molecular flexibility index (Phi) is 4.15. The Morgan fingerprint density at radius 2 is 2.14 bits per heavy atom. The van der Waals surface area contributed by atoms with E-state index in [1.165, 1.54) is 5.56 Å². The fourth-order valence-corrected chi connectivity index (χ4v) is 3.42. The second-order valence-corrected chi connectivity index (χ2v) is 6.13. The number of carbonyl (C=O) groups is 1. The molecule has 3 rings (SSSR count). The van der Waals surface area contributed by atoms with Crippen LogP contribution in [-0.4, -0.2) is 55.0 Å². The molecule has 2 aliphatic rings. The van der Waals surface area contributed by atoms with Crippen molar-refractivity contribution in [2.75, 3.05) is 38.5 Å². The van der Waals surface area contributed by atoms with Crippen molar-refractivity contribution in [3.05, 3.63) is 29.3 Å². The molecular weight excluding hydrogens is 262 g/mol. The van der Waals surface area contributed by atoms with E-state index in [1.807, 2.05) is 24.1 Å². The number of nitrogens with zero attached hydrogens (tertiary/aromatic N) is 2. The largest absolute Gasteiger partial charge is 0.384 e. The van der Waals surface area contributed by atoms with Crippen molar-refractivity contribution in [2.24, 2.45) is 0 Å². The number of carbonyl (C=O) groups excluding carboxylic acids is 1. The van der Waals surface area contributed by atoms with Gasteiger partial charge in [-0.1, -0.05) is 13.0 Å². The molecule has 2 aliphatic heterocycles. The molecule has 114 valence electrons. The Labute approximate surface area is 127 Å². The first kappa shape index (κ1) is 14.4. The summed E-state index contributed by atoms with van der Waals surface area (Å²) >= 11 is 0. The molecule has 0 atom stereocenters. The number of benzene rings is 1. The minimum Gasteiger partial charge on any atom is -0.384 e. The highest BCUT2D eigenvalue weighted by Crippen LogP contribution is 2.25. The van der Waals surface area contributed by atoms with Crippen molar-refractivity contribution >= 4 is 11.6 Å². The second kappa shape index (κ2) is 6.06. The maximum atomic E-state index is 12.7. The monoisotopic (exact) mass is 287 g/mol. The van der Waals surface area contributed by atoms with Crippen LogP contribution >= 0.6 is 0 Å². The first-order valence-electron chi connectivity index (χ1n) is 8.05. The lowest BCUT2D eigenvalue weighted by molar-refractivity contribution is 0.0647. The normalized spacial score (nSPS) is 19.1. The third kappa shape index (κ3) is 2.91. The van der Waals surface area contributed by atoms with Gasteiger partial charge in [-0.15, -0.1) is 0 Å². The molecule has 4 nitrogen and oxygen atoms in total. The first-order valence-corrected chi connectivity index (χ1v) is 8.05. The summed E-state index contributed by atoms with van der Waals surface area (Å²) in [7, 11) is 1.95. The summed E-state index contributed by atoms with van der Waals surface area (Å²) in [6, 6.07) is 6.46. The molecule has 1 saturated heterocycles. The topological polar surface area (TPSA) is 35.6 Å². The van der Waals surface area contributed by atoms with E-state index in [0.717, 1.165) is 56.7 Å². The van der Waals surface area contributed by atoms with Crippen LogP contribution in [0.5, 0.6) is 0 Å². The van der Waals surface area contributed by atoms with Crippen LogP contribution in [0.1, 0.15) is 35.7 Å². The Morgan fingerprint density at radius 3 is 2.86 bits per heavy atom. The fourth-order valence-electron chi connectivity index (χ4n) is 3.42. The minimum absolute atomic E-state index is 0.154. The van der Waals surface area contributed by atoms with Crippen molar-refractivity contribution in [1.29, 1.82) is 0 Å². The molecule has 0 bridgehead atoms. The second-order valence-electron chi connectivity index (χ2n) is 6.13. The maximum absolute atomic E-state index is 12.7. The van der Waals surface area contributed by atoms with E-state index in [0.29, 0.717) is 6.04 Å². The van der Waals surface area contributed by atoms with Gasteiger partial charge in [0.15, 0.2) is 0 Å². The van der Waals surface area contributed by atoms with E-state index in [2.05, 4.69) is 23.2 Å². The molecule has 0 saturated carbocycles. The van der Waals surface area contributed by atoms with E-state index < -0.39 is 0 Å². The average molecular weight is 287 g/mol. The van der Waals surface area contributed by atoms with E-state index >= 15 is 0 Å². The third-order valence-corrected chi connectivity index (χ3v) is 4.94. The standard InChI is InChI=1S/C17H25N3O/c1-3-20-10-7-15(8-11-20)19(2)17(21)14-5-4-13-6-9-18-16(13)12-14/h4-5,12,15,18H,3,6-11H2,1-2H3. The Hall–Kier alpha value is -1.55. The Bertz CT molecular complexity index is 521. The van der Waals surface area contributed by atoms with Crippen LogP contribution < -0.4 is 5.32 Å². The predicted octanol–water partition coefficient (Wildman–Crippen LogP) is 2.21. The summed E-state index contributed by atoms with van der Waals surface area (Å²) in [6.07, 6.45) is 3.23. The number of anilines is 1. The highest BCUT2D eigenvalue weighted by molar-refractivity contribution is 5.95. The number of hydrogen-bond acceptors (Lipinski definition) is 3. The van der Waals surface area contributed by atoms with E-state index in [9.17, 15) is 4.79 Å². The summed E-state index contributed by atoms with van der Waals surface area (Å²) < 4.78 is 0. The first-order chi connectivity index (χ1) is 10.2. The van der Waals surface area contributed by atoms with Crippen LogP contribution in [0.15, 0.2) is 18.2 Å². The smallest absolute Gasteiger partial charge is 0.253 e. The molecule has 1 aromatic carbocycles. The van der Waals surface area contributed by atoms with Gasteiger partial charge in [-0.05, 0) is 43.5 Å². The maximum Gasteiger partial charge on any atom is 0.253 e. The SMILES string of the molecule is CCN1CCC(N(C)C(=O)c2ccc3c(c2)NCC3)CC1. The summed E-state index contributed by atoms with van der Waals surface area (Å²) in [5.41, 5.74) is 3.27. The van der Waals surface area contributed by atoms with Crippen molar-refractivity contribution in [1.82, 2.24) is 9.80 Å². The van der Waals surface area contributed by atoms with E-state index in [-0.39, 0.29) is 5.91 Å². The molecule has 0 aliphatic carbocycles. The molecule has 1 fully saturated rings.